The molecule has 142 valence electrons. The summed E-state index contributed by atoms with van der Waals surface area (Å²) < 4.78 is 0. The molecule has 0 saturated carbocycles. The van der Waals surface area contributed by atoms with Gasteiger partial charge in [0, 0.05) is 31.1 Å². The third-order valence-corrected chi connectivity index (χ3v) is 5.38. The van der Waals surface area contributed by atoms with Gasteiger partial charge in [-0.3, -0.25) is 9.59 Å². The zero-order valence-corrected chi connectivity index (χ0v) is 16.4. The zero-order chi connectivity index (χ0) is 19.4. The van der Waals surface area contributed by atoms with Gasteiger partial charge in [0.15, 0.2) is 0 Å². The van der Waals surface area contributed by atoms with Crippen LogP contribution < -0.4 is 5.32 Å². The fourth-order valence-corrected chi connectivity index (χ4v) is 3.81. The number of nitrogens with zero attached hydrogens (tertiary/aromatic N) is 1. The van der Waals surface area contributed by atoms with Gasteiger partial charge in [-0.25, -0.2) is 0 Å². The van der Waals surface area contributed by atoms with E-state index in [1.165, 1.54) is 5.56 Å². The fraction of sp³-hybridized carbons (Fsp3) is 0.391. The van der Waals surface area contributed by atoms with Crippen LogP contribution in [0.1, 0.15) is 46.3 Å². The van der Waals surface area contributed by atoms with E-state index in [0.29, 0.717) is 25.2 Å². The molecule has 0 radical (unpaired) electrons. The molecule has 1 fully saturated rings. The summed E-state index contributed by atoms with van der Waals surface area (Å²) in [6, 6.07) is 15.8. The summed E-state index contributed by atoms with van der Waals surface area (Å²) in [7, 11) is 0. The van der Waals surface area contributed by atoms with Crippen molar-refractivity contribution in [2.24, 2.45) is 5.92 Å². The Bertz CT molecular complexity index is 813. The molecule has 1 aliphatic rings. The standard InChI is InChI=1S/C23H28N2O2/c1-4-13-24-22(26)21-15-25(23(27)18-11-9-16(2)10-12-18)14-20(21)19-8-6-5-7-17(19)3/h5-12,20-21H,4,13-15H2,1-3H3,(H,24,26)/t20-,21+/m0/s1. The average Bonchev–Trinajstić information content (AvgIpc) is 3.11. The molecule has 1 N–H and O–H groups in total. The quantitative estimate of drug-likeness (QED) is 0.880. The summed E-state index contributed by atoms with van der Waals surface area (Å²) in [4.78, 5) is 27.6. The number of nitrogens with one attached hydrogen (secondary N) is 1. The summed E-state index contributed by atoms with van der Waals surface area (Å²) in [5.41, 5.74) is 4.13. The smallest absolute Gasteiger partial charge is 0.253 e. The lowest BCUT2D eigenvalue weighted by Gasteiger charge is -2.19. The molecular weight excluding hydrogens is 336 g/mol. The Kier molecular flexibility index (Phi) is 5.94. The molecule has 0 aromatic heterocycles. The summed E-state index contributed by atoms with van der Waals surface area (Å²) in [6.07, 6.45) is 0.902. The lowest BCUT2D eigenvalue weighted by atomic mass is 9.86. The second-order valence-corrected chi connectivity index (χ2v) is 7.44. The van der Waals surface area contributed by atoms with Crippen LogP contribution in [0.25, 0.3) is 0 Å². The number of hydrogen-bond acceptors (Lipinski definition) is 2. The summed E-state index contributed by atoms with van der Waals surface area (Å²) in [6.45, 7) is 7.82. The van der Waals surface area contributed by atoms with Gasteiger partial charge in [-0.15, -0.1) is 0 Å². The average molecular weight is 364 g/mol. The van der Waals surface area contributed by atoms with Crippen molar-refractivity contribution in [2.75, 3.05) is 19.6 Å². The second-order valence-electron chi connectivity index (χ2n) is 7.44. The van der Waals surface area contributed by atoms with Gasteiger partial charge in [0.1, 0.15) is 0 Å². The van der Waals surface area contributed by atoms with Crippen molar-refractivity contribution < 1.29 is 9.59 Å². The minimum absolute atomic E-state index is 0.000578. The Morgan fingerprint density at radius 2 is 1.74 bits per heavy atom. The highest BCUT2D eigenvalue weighted by molar-refractivity contribution is 5.95. The molecule has 0 unspecified atom stereocenters. The van der Waals surface area contributed by atoms with Crippen LogP contribution in [0.5, 0.6) is 0 Å². The van der Waals surface area contributed by atoms with Crippen LogP contribution in [-0.4, -0.2) is 36.3 Å². The maximum atomic E-state index is 13.0. The largest absolute Gasteiger partial charge is 0.356 e. The molecule has 0 bridgehead atoms. The molecule has 4 nitrogen and oxygen atoms in total. The predicted octanol–water partition coefficient (Wildman–Crippen LogP) is 3.69. The number of benzene rings is 2. The van der Waals surface area contributed by atoms with E-state index in [9.17, 15) is 9.59 Å². The number of carbonyl (C=O) groups is 2. The fourth-order valence-electron chi connectivity index (χ4n) is 3.81. The Labute approximate surface area is 161 Å². The van der Waals surface area contributed by atoms with E-state index in [1.807, 2.05) is 55.1 Å². The molecule has 27 heavy (non-hydrogen) atoms. The van der Waals surface area contributed by atoms with Crippen molar-refractivity contribution >= 4 is 11.8 Å². The number of likely N-dealkylation sites (tertiary alicyclic amines) is 1. The first-order valence-corrected chi connectivity index (χ1v) is 9.70. The minimum atomic E-state index is -0.216. The molecule has 2 atom stereocenters. The van der Waals surface area contributed by atoms with E-state index in [-0.39, 0.29) is 23.7 Å². The van der Waals surface area contributed by atoms with E-state index < -0.39 is 0 Å². The van der Waals surface area contributed by atoms with Crippen LogP contribution in [0, 0.1) is 19.8 Å². The van der Waals surface area contributed by atoms with E-state index in [2.05, 4.69) is 24.4 Å². The van der Waals surface area contributed by atoms with Crippen molar-refractivity contribution in [3.8, 4) is 0 Å². The number of hydrogen-bond donors (Lipinski definition) is 1. The molecule has 1 aliphatic heterocycles. The van der Waals surface area contributed by atoms with Gasteiger partial charge in [0.05, 0.1) is 5.92 Å². The monoisotopic (exact) mass is 364 g/mol. The Balaban J connectivity index is 1.86. The Hall–Kier alpha value is -2.62. The highest BCUT2D eigenvalue weighted by atomic mass is 16.2. The Morgan fingerprint density at radius 1 is 1.04 bits per heavy atom. The van der Waals surface area contributed by atoms with E-state index >= 15 is 0 Å². The normalized spacial score (nSPS) is 19.1. The molecule has 2 aromatic rings. The summed E-state index contributed by atoms with van der Waals surface area (Å²) >= 11 is 0. The highest BCUT2D eigenvalue weighted by Crippen LogP contribution is 2.35. The van der Waals surface area contributed by atoms with Gasteiger partial charge >= 0.3 is 0 Å². The first-order chi connectivity index (χ1) is 13.0. The summed E-state index contributed by atoms with van der Waals surface area (Å²) in [5, 5.41) is 3.02. The van der Waals surface area contributed by atoms with Crippen LogP contribution in [0.3, 0.4) is 0 Å². The SMILES string of the molecule is CCCNC(=O)[C@@H]1CN(C(=O)c2ccc(C)cc2)C[C@H]1c1ccccc1C. The van der Waals surface area contributed by atoms with Crippen molar-refractivity contribution in [2.45, 2.75) is 33.1 Å². The van der Waals surface area contributed by atoms with Gasteiger partial charge < -0.3 is 10.2 Å². The maximum Gasteiger partial charge on any atom is 0.253 e. The highest BCUT2D eigenvalue weighted by Gasteiger charge is 2.40. The van der Waals surface area contributed by atoms with Crippen LogP contribution in [0.2, 0.25) is 0 Å². The van der Waals surface area contributed by atoms with Crippen molar-refractivity contribution in [1.82, 2.24) is 10.2 Å². The molecule has 0 spiro atoms. The molecule has 2 aromatic carbocycles. The molecule has 4 heteroatoms. The molecular formula is C23H28N2O2. The Morgan fingerprint density at radius 3 is 2.41 bits per heavy atom. The van der Waals surface area contributed by atoms with Crippen LogP contribution in [0.15, 0.2) is 48.5 Å². The summed E-state index contributed by atoms with van der Waals surface area (Å²) in [5.74, 6) is -0.145. The third-order valence-electron chi connectivity index (χ3n) is 5.38. The molecule has 1 saturated heterocycles. The van der Waals surface area contributed by atoms with Gasteiger partial charge in [-0.1, -0.05) is 48.9 Å². The van der Waals surface area contributed by atoms with Crippen molar-refractivity contribution in [3.63, 3.8) is 0 Å². The van der Waals surface area contributed by atoms with Gasteiger partial charge in [0.25, 0.3) is 5.91 Å². The van der Waals surface area contributed by atoms with Gasteiger partial charge in [-0.2, -0.15) is 0 Å². The number of aryl methyl sites for hydroxylation is 2. The van der Waals surface area contributed by atoms with Gasteiger partial charge in [0.2, 0.25) is 5.91 Å². The lowest BCUT2D eigenvalue weighted by Crippen LogP contribution is -2.36. The first-order valence-electron chi connectivity index (χ1n) is 9.70. The molecule has 2 amide bonds. The third kappa shape index (κ3) is 4.21. The molecule has 1 heterocycles. The second kappa shape index (κ2) is 8.38. The first kappa shape index (κ1) is 19.2. The van der Waals surface area contributed by atoms with Crippen molar-refractivity contribution in [3.05, 3.63) is 70.8 Å². The van der Waals surface area contributed by atoms with Crippen molar-refractivity contribution in [1.29, 1.82) is 0 Å². The molecule has 0 aliphatic carbocycles. The zero-order valence-electron chi connectivity index (χ0n) is 16.4. The van der Waals surface area contributed by atoms with Crippen LogP contribution in [-0.2, 0) is 4.79 Å². The number of rotatable bonds is 5. The lowest BCUT2D eigenvalue weighted by molar-refractivity contribution is -0.124. The predicted molar refractivity (Wildman–Crippen MR) is 108 cm³/mol. The van der Waals surface area contributed by atoms with E-state index in [0.717, 1.165) is 17.5 Å². The number of amides is 2. The van der Waals surface area contributed by atoms with E-state index in [4.69, 9.17) is 0 Å². The van der Waals surface area contributed by atoms with Crippen LogP contribution in [0.4, 0.5) is 0 Å². The maximum absolute atomic E-state index is 13.0. The van der Waals surface area contributed by atoms with E-state index in [1.54, 1.807) is 0 Å². The van der Waals surface area contributed by atoms with Gasteiger partial charge in [-0.05, 0) is 43.5 Å². The van der Waals surface area contributed by atoms with Crippen LogP contribution >= 0.6 is 0 Å². The minimum Gasteiger partial charge on any atom is -0.356 e. The topological polar surface area (TPSA) is 49.4 Å². The number of carbonyl (C=O) groups excluding carboxylic acids is 2. The molecule has 3 rings (SSSR count).